The Morgan fingerprint density at radius 3 is 3.21 bits per heavy atom. The summed E-state index contributed by atoms with van der Waals surface area (Å²) in [5, 5.41) is 7.67. The summed E-state index contributed by atoms with van der Waals surface area (Å²) in [6.07, 6.45) is 6.09. The quantitative estimate of drug-likeness (QED) is 0.834. The predicted octanol–water partition coefficient (Wildman–Crippen LogP) is 3.12. The number of carbonyl (C=O) groups excluding carboxylic acids is 1. The number of anilines is 1. The van der Waals surface area contributed by atoms with E-state index in [-0.39, 0.29) is 25.0 Å². The summed E-state index contributed by atoms with van der Waals surface area (Å²) >= 11 is 5.88. The van der Waals surface area contributed by atoms with Gasteiger partial charge in [0.15, 0.2) is 0 Å². The first kappa shape index (κ1) is 16.8. The number of carbonyl (C=O) groups is 1. The molecular formula is C17H20ClN3O3. The average Bonchev–Trinajstić information content (AvgIpc) is 3.20. The van der Waals surface area contributed by atoms with Crippen LogP contribution in [0.15, 0.2) is 36.7 Å². The molecule has 1 aromatic carbocycles. The summed E-state index contributed by atoms with van der Waals surface area (Å²) in [5.74, 6) is 0.536. The fraction of sp³-hybridized carbons (Fsp3) is 0.412. The Hall–Kier alpha value is -2.05. The van der Waals surface area contributed by atoms with E-state index >= 15 is 0 Å². The van der Waals surface area contributed by atoms with Crippen molar-refractivity contribution >= 4 is 23.2 Å². The maximum atomic E-state index is 11.9. The predicted molar refractivity (Wildman–Crippen MR) is 91.4 cm³/mol. The van der Waals surface area contributed by atoms with Crippen molar-refractivity contribution in [1.82, 2.24) is 9.78 Å². The van der Waals surface area contributed by atoms with E-state index in [1.54, 1.807) is 35.1 Å². The van der Waals surface area contributed by atoms with E-state index in [9.17, 15) is 4.79 Å². The van der Waals surface area contributed by atoms with Gasteiger partial charge in [0.05, 0.1) is 37.6 Å². The van der Waals surface area contributed by atoms with Crippen molar-refractivity contribution in [3.63, 3.8) is 0 Å². The molecule has 7 heteroatoms. The lowest BCUT2D eigenvalue weighted by Crippen LogP contribution is -2.16. The topological polar surface area (TPSA) is 65.4 Å². The van der Waals surface area contributed by atoms with Gasteiger partial charge in [-0.3, -0.25) is 9.48 Å². The fourth-order valence-corrected chi connectivity index (χ4v) is 2.75. The summed E-state index contributed by atoms with van der Waals surface area (Å²) in [7, 11) is 0. The van der Waals surface area contributed by atoms with Crippen LogP contribution in [-0.2, 0) is 16.1 Å². The number of nitrogens with zero attached hydrogens (tertiary/aromatic N) is 2. The Balaban J connectivity index is 1.40. The van der Waals surface area contributed by atoms with Crippen LogP contribution in [-0.4, -0.2) is 35.0 Å². The van der Waals surface area contributed by atoms with Crippen molar-refractivity contribution in [2.75, 3.05) is 18.5 Å². The van der Waals surface area contributed by atoms with Crippen molar-refractivity contribution in [2.45, 2.75) is 31.9 Å². The summed E-state index contributed by atoms with van der Waals surface area (Å²) in [5.41, 5.74) is 0.681. The first-order valence-corrected chi connectivity index (χ1v) is 8.39. The van der Waals surface area contributed by atoms with Crippen LogP contribution >= 0.6 is 11.6 Å². The molecule has 0 bridgehead atoms. The minimum absolute atomic E-state index is 0.117. The monoisotopic (exact) mass is 349 g/mol. The number of aromatic nitrogens is 2. The van der Waals surface area contributed by atoms with E-state index in [0.29, 0.717) is 23.0 Å². The van der Waals surface area contributed by atoms with Crippen molar-refractivity contribution in [3.05, 3.63) is 41.7 Å². The first-order chi connectivity index (χ1) is 11.7. The van der Waals surface area contributed by atoms with Gasteiger partial charge in [0.1, 0.15) is 5.75 Å². The van der Waals surface area contributed by atoms with Gasteiger partial charge in [0.25, 0.3) is 0 Å². The van der Waals surface area contributed by atoms with Gasteiger partial charge in [-0.15, -0.1) is 0 Å². The molecule has 0 aliphatic carbocycles. The molecule has 6 nitrogen and oxygen atoms in total. The molecule has 2 heterocycles. The average molecular weight is 350 g/mol. The lowest BCUT2D eigenvalue weighted by Gasteiger charge is -2.08. The number of benzene rings is 1. The van der Waals surface area contributed by atoms with Crippen LogP contribution in [0.1, 0.15) is 19.3 Å². The number of nitrogens with one attached hydrogen (secondary N) is 1. The molecular weight excluding hydrogens is 330 g/mol. The number of amides is 1. The Bertz CT molecular complexity index is 683. The number of rotatable bonds is 7. The minimum atomic E-state index is -0.117. The molecule has 3 rings (SSSR count). The first-order valence-electron chi connectivity index (χ1n) is 8.01. The number of halogens is 1. The summed E-state index contributed by atoms with van der Waals surface area (Å²) in [4.78, 5) is 11.9. The van der Waals surface area contributed by atoms with Crippen molar-refractivity contribution in [3.8, 4) is 5.75 Å². The largest absolute Gasteiger partial charge is 0.493 e. The third kappa shape index (κ3) is 4.97. The number of hydrogen-bond acceptors (Lipinski definition) is 4. The van der Waals surface area contributed by atoms with E-state index < -0.39 is 0 Å². The number of ether oxygens (including phenoxy) is 2. The zero-order valence-electron chi connectivity index (χ0n) is 13.3. The highest BCUT2D eigenvalue weighted by atomic mass is 35.5. The Kier molecular flexibility index (Phi) is 5.72. The van der Waals surface area contributed by atoms with Gasteiger partial charge in [0, 0.05) is 17.8 Å². The van der Waals surface area contributed by atoms with Gasteiger partial charge in [-0.1, -0.05) is 17.7 Å². The van der Waals surface area contributed by atoms with Crippen molar-refractivity contribution in [2.24, 2.45) is 0 Å². The van der Waals surface area contributed by atoms with E-state index in [0.717, 1.165) is 19.4 Å². The Morgan fingerprint density at radius 1 is 1.50 bits per heavy atom. The highest BCUT2D eigenvalue weighted by Gasteiger charge is 2.16. The van der Waals surface area contributed by atoms with Crippen LogP contribution in [0.2, 0.25) is 5.02 Å². The van der Waals surface area contributed by atoms with E-state index in [1.165, 1.54) is 0 Å². The van der Waals surface area contributed by atoms with Crippen LogP contribution in [0, 0.1) is 0 Å². The molecule has 1 N–H and O–H groups in total. The standard InChI is InChI=1S/C17H20ClN3O3/c18-13-3-1-4-15(9-13)24-8-6-17(22)20-14-10-19-21(11-14)12-16-5-2-7-23-16/h1,3-4,9-11,16H,2,5-8,12H2,(H,20,22). The maximum absolute atomic E-state index is 11.9. The third-order valence-electron chi connectivity index (χ3n) is 3.73. The lowest BCUT2D eigenvalue weighted by molar-refractivity contribution is -0.116. The molecule has 24 heavy (non-hydrogen) atoms. The highest BCUT2D eigenvalue weighted by Crippen LogP contribution is 2.17. The minimum Gasteiger partial charge on any atom is -0.493 e. The molecule has 1 aliphatic rings. The molecule has 1 aliphatic heterocycles. The summed E-state index contributed by atoms with van der Waals surface area (Å²) < 4.78 is 12.9. The van der Waals surface area contributed by atoms with Gasteiger partial charge in [0.2, 0.25) is 5.91 Å². The molecule has 0 radical (unpaired) electrons. The van der Waals surface area contributed by atoms with Crippen LogP contribution in [0.25, 0.3) is 0 Å². The smallest absolute Gasteiger partial charge is 0.227 e. The molecule has 0 spiro atoms. The van der Waals surface area contributed by atoms with Crippen LogP contribution in [0.3, 0.4) is 0 Å². The second kappa shape index (κ2) is 8.17. The third-order valence-corrected chi connectivity index (χ3v) is 3.96. The van der Waals surface area contributed by atoms with Gasteiger partial charge in [-0.05, 0) is 31.0 Å². The second-order valence-corrected chi connectivity index (χ2v) is 6.13. The van der Waals surface area contributed by atoms with E-state index in [1.807, 2.05) is 6.20 Å². The molecule has 1 amide bonds. The SMILES string of the molecule is O=C(CCOc1cccc(Cl)c1)Nc1cnn(CC2CCCO2)c1. The highest BCUT2D eigenvalue weighted by molar-refractivity contribution is 6.30. The molecule has 1 atom stereocenters. The summed E-state index contributed by atoms with van der Waals surface area (Å²) in [6, 6.07) is 7.10. The second-order valence-electron chi connectivity index (χ2n) is 5.69. The van der Waals surface area contributed by atoms with Gasteiger partial charge in [-0.2, -0.15) is 5.10 Å². The molecule has 1 saturated heterocycles. The van der Waals surface area contributed by atoms with Gasteiger partial charge < -0.3 is 14.8 Å². The summed E-state index contributed by atoms with van der Waals surface area (Å²) in [6.45, 7) is 1.83. The number of hydrogen-bond donors (Lipinski definition) is 1. The Labute approximate surface area is 145 Å². The van der Waals surface area contributed by atoms with E-state index in [4.69, 9.17) is 21.1 Å². The van der Waals surface area contributed by atoms with Crippen LogP contribution in [0.4, 0.5) is 5.69 Å². The van der Waals surface area contributed by atoms with Gasteiger partial charge in [-0.25, -0.2) is 0 Å². The molecule has 128 valence electrons. The molecule has 1 unspecified atom stereocenters. The molecule has 0 saturated carbocycles. The zero-order chi connectivity index (χ0) is 16.8. The molecule has 1 fully saturated rings. The maximum Gasteiger partial charge on any atom is 0.227 e. The van der Waals surface area contributed by atoms with E-state index in [2.05, 4.69) is 10.4 Å². The molecule has 2 aromatic rings. The normalized spacial score (nSPS) is 17.0. The lowest BCUT2D eigenvalue weighted by atomic mass is 10.2. The Morgan fingerprint density at radius 2 is 2.42 bits per heavy atom. The van der Waals surface area contributed by atoms with Crippen LogP contribution in [0.5, 0.6) is 5.75 Å². The van der Waals surface area contributed by atoms with Crippen molar-refractivity contribution < 1.29 is 14.3 Å². The van der Waals surface area contributed by atoms with Crippen molar-refractivity contribution in [1.29, 1.82) is 0 Å². The fourth-order valence-electron chi connectivity index (χ4n) is 2.57. The molecule has 1 aromatic heterocycles. The zero-order valence-corrected chi connectivity index (χ0v) is 14.0. The van der Waals surface area contributed by atoms with Gasteiger partial charge >= 0.3 is 0 Å². The van der Waals surface area contributed by atoms with Crippen LogP contribution < -0.4 is 10.1 Å².